The number of benzene rings is 2. The largest absolute Gasteiger partial charge is 0.294 e. The van der Waals surface area contributed by atoms with E-state index in [4.69, 9.17) is 9.11 Å². The van der Waals surface area contributed by atoms with Crippen LogP contribution in [0.15, 0.2) is 87.7 Å². The Labute approximate surface area is 225 Å². The highest BCUT2D eigenvalue weighted by Gasteiger charge is 2.19. The van der Waals surface area contributed by atoms with Crippen molar-refractivity contribution in [3.05, 3.63) is 73.1 Å². The molecule has 0 bridgehead atoms. The van der Waals surface area contributed by atoms with Crippen LogP contribution in [-0.4, -0.2) is 73.9 Å². The number of aromatic nitrogens is 7. The minimum absolute atomic E-state index is 0.0158. The standard InChI is InChI=1S/C21H15N7O9S3/c29-38(30,31)15-5-1-13(2-6-15)27-11-20(23-25-27)18-9-17(40(35,36)37)10-19(22-18)21-12-28(26-24-21)14-3-7-16(8-4-14)39(32,33)34/h1-12H,(H,29,30,31)(H,32,33,34)(H,35,36,37). The Morgan fingerprint density at radius 3 is 1.18 bits per heavy atom. The average Bonchev–Trinajstić information content (AvgIpc) is 3.58. The lowest BCUT2D eigenvalue weighted by molar-refractivity contribution is 0.481. The van der Waals surface area contributed by atoms with Gasteiger partial charge in [0.05, 0.1) is 49.8 Å². The summed E-state index contributed by atoms with van der Waals surface area (Å²) in [7, 11) is -13.5. The lowest BCUT2D eigenvalue weighted by Crippen LogP contribution is -2.01. The van der Waals surface area contributed by atoms with Crippen molar-refractivity contribution in [1.29, 1.82) is 0 Å². The van der Waals surface area contributed by atoms with E-state index in [0.29, 0.717) is 11.4 Å². The number of hydrogen-bond acceptors (Lipinski definition) is 11. The fourth-order valence-electron chi connectivity index (χ4n) is 3.47. The van der Waals surface area contributed by atoms with E-state index in [0.717, 1.165) is 36.4 Å². The van der Waals surface area contributed by atoms with Gasteiger partial charge in [0.25, 0.3) is 30.4 Å². The summed E-state index contributed by atoms with van der Waals surface area (Å²) < 4.78 is 99.5. The molecule has 16 nitrogen and oxygen atoms in total. The van der Waals surface area contributed by atoms with Gasteiger partial charge in [0.15, 0.2) is 0 Å². The van der Waals surface area contributed by atoms with Crippen molar-refractivity contribution in [2.75, 3.05) is 0 Å². The lowest BCUT2D eigenvalue weighted by Gasteiger charge is -2.04. The van der Waals surface area contributed by atoms with E-state index in [-0.39, 0.29) is 32.6 Å². The molecule has 3 heterocycles. The summed E-state index contributed by atoms with van der Waals surface area (Å²) in [4.78, 5) is 3.19. The van der Waals surface area contributed by atoms with Gasteiger partial charge in [-0.3, -0.25) is 13.7 Å². The predicted molar refractivity (Wildman–Crippen MR) is 134 cm³/mol. The van der Waals surface area contributed by atoms with Crippen molar-refractivity contribution in [3.63, 3.8) is 0 Å². The van der Waals surface area contributed by atoms with Crippen LogP contribution in [0.5, 0.6) is 0 Å². The van der Waals surface area contributed by atoms with Crippen molar-refractivity contribution < 1.29 is 38.9 Å². The molecule has 0 fully saturated rings. The van der Waals surface area contributed by atoms with Gasteiger partial charge in [-0.2, -0.15) is 25.3 Å². The molecule has 0 spiro atoms. The zero-order chi connectivity index (χ0) is 28.9. The van der Waals surface area contributed by atoms with Crippen LogP contribution in [0.1, 0.15) is 0 Å². The molecule has 0 saturated heterocycles. The Kier molecular flexibility index (Phi) is 6.56. The molecule has 0 aliphatic heterocycles. The summed E-state index contributed by atoms with van der Waals surface area (Å²) >= 11 is 0. The Hall–Kier alpha value is -4.40. The summed E-state index contributed by atoms with van der Waals surface area (Å²) in [6.45, 7) is 0. The fraction of sp³-hybridized carbons (Fsp3) is 0. The van der Waals surface area contributed by atoms with Crippen LogP contribution in [0, 0.1) is 0 Å². The maximum atomic E-state index is 12.0. The van der Waals surface area contributed by atoms with Crippen LogP contribution in [0.25, 0.3) is 34.2 Å². The van der Waals surface area contributed by atoms with Crippen LogP contribution < -0.4 is 0 Å². The Morgan fingerprint density at radius 1 is 0.500 bits per heavy atom. The smallest absolute Gasteiger partial charge is 0.282 e. The van der Waals surface area contributed by atoms with E-state index in [1.165, 1.54) is 46.0 Å². The molecular weight excluding hydrogens is 590 g/mol. The SMILES string of the molecule is O=S(=O)(O)c1ccc(-n2cc(-c3cc(S(=O)(=O)O)cc(-c4cn(-c5ccc(S(=O)(=O)O)cc5)nn4)n3)nn2)cc1. The third kappa shape index (κ3) is 5.64. The summed E-state index contributed by atoms with van der Waals surface area (Å²) in [6, 6.07) is 12.2. The summed E-state index contributed by atoms with van der Waals surface area (Å²) in [5.41, 5.74) is 0.856. The maximum Gasteiger partial charge on any atom is 0.294 e. The van der Waals surface area contributed by atoms with Gasteiger partial charge in [0.2, 0.25) is 0 Å². The van der Waals surface area contributed by atoms with E-state index in [1.807, 2.05) is 0 Å². The van der Waals surface area contributed by atoms with Crippen molar-refractivity contribution in [2.45, 2.75) is 14.7 Å². The Morgan fingerprint density at radius 2 is 0.850 bits per heavy atom. The van der Waals surface area contributed by atoms with Gasteiger partial charge in [0, 0.05) is 0 Å². The number of hydrogen-bond donors (Lipinski definition) is 3. The molecule has 0 aliphatic carbocycles. The topological polar surface area (TPSA) is 237 Å². The minimum Gasteiger partial charge on any atom is -0.282 e. The molecule has 0 saturated carbocycles. The molecule has 5 aromatic rings. The monoisotopic (exact) mass is 605 g/mol. The van der Waals surface area contributed by atoms with Crippen molar-refractivity contribution in [2.24, 2.45) is 0 Å². The highest BCUT2D eigenvalue weighted by molar-refractivity contribution is 7.86. The van der Waals surface area contributed by atoms with Gasteiger partial charge < -0.3 is 0 Å². The van der Waals surface area contributed by atoms with E-state index in [9.17, 15) is 29.8 Å². The van der Waals surface area contributed by atoms with E-state index in [1.54, 1.807) is 0 Å². The zero-order valence-electron chi connectivity index (χ0n) is 19.6. The van der Waals surface area contributed by atoms with Gasteiger partial charge in [-0.1, -0.05) is 10.4 Å². The molecule has 206 valence electrons. The minimum atomic E-state index is -4.70. The first kappa shape index (κ1) is 27.2. The van der Waals surface area contributed by atoms with E-state index >= 15 is 0 Å². The summed E-state index contributed by atoms with van der Waals surface area (Å²) in [5.74, 6) is 0. The van der Waals surface area contributed by atoms with Crippen LogP contribution in [-0.2, 0) is 30.4 Å². The summed E-state index contributed by atoms with van der Waals surface area (Å²) in [6.07, 6.45) is 2.74. The van der Waals surface area contributed by atoms with Crippen LogP contribution in [0.4, 0.5) is 0 Å². The highest BCUT2D eigenvalue weighted by Crippen LogP contribution is 2.26. The molecule has 5 rings (SSSR count). The fourth-order valence-corrected chi connectivity index (χ4v) is 4.95. The number of nitrogens with zero attached hydrogens (tertiary/aromatic N) is 7. The second-order valence-corrected chi connectivity index (χ2v) is 12.3. The first-order chi connectivity index (χ1) is 18.7. The second kappa shape index (κ2) is 9.66. The third-order valence-electron chi connectivity index (χ3n) is 5.41. The molecule has 19 heteroatoms. The van der Waals surface area contributed by atoms with Crippen LogP contribution in [0.2, 0.25) is 0 Å². The molecule has 40 heavy (non-hydrogen) atoms. The first-order valence-corrected chi connectivity index (χ1v) is 15.0. The quantitative estimate of drug-likeness (QED) is 0.222. The van der Waals surface area contributed by atoms with Gasteiger partial charge in [-0.15, -0.1) is 10.2 Å². The second-order valence-electron chi connectivity index (χ2n) is 8.08. The highest BCUT2D eigenvalue weighted by atomic mass is 32.2. The molecule has 3 aromatic heterocycles. The summed E-state index contributed by atoms with van der Waals surface area (Å²) in [5, 5.41) is 15.8. The van der Waals surface area contributed by atoms with Crippen molar-refractivity contribution >= 4 is 30.4 Å². The van der Waals surface area contributed by atoms with Crippen molar-refractivity contribution in [3.8, 4) is 34.2 Å². The van der Waals surface area contributed by atoms with Crippen LogP contribution in [0.3, 0.4) is 0 Å². The molecule has 2 aromatic carbocycles. The van der Waals surface area contributed by atoms with Gasteiger partial charge in [-0.25, -0.2) is 14.3 Å². The third-order valence-corrected chi connectivity index (χ3v) is 7.97. The van der Waals surface area contributed by atoms with Gasteiger partial charge in [-0.05, 0) is 60.7 Å². The molecule has 0 atom stereocenters. The molecule has 0 unspecified atom stereocenters. The molecule has 0 aliphatic rings. The Balaban J connectivity index is 1.52. The van der Waals surface area contributed by atoms with Crippen LogP contribution >= 0.6 is 0 Å². The van der Waals surface area contributed by atoms with E-state index in [2.05, 4.69) is 25.6 Å². The van der Waals surface area contributed by atoms with Gasteiger partial charge >= 0.3 is 0 Å². The maximum absolute atomic E-state index is 12.0. The normalized spacial score (nSPS) is 12.5. The predicted octanol–water partition coefficient (Wildman–Crippen LogP) is 1.32. The molecule has 0 radical (unpaired) electrons. The lowest BCUT2D eigenvalue weighted by atomic mass is 10.2. The number of rotatable bonds is 7. The average molecular weight is 606 g/mol. The zero-order valence-corrected chi connectivity index (χ0v) is 22.0. The number of pyridine rings is 1. The van der Waals surface area contributed by atoms with E-state index < -0.39 is 35.2 Å². The van der Waals surface area contributed by atoms with Crippen molar-refractivity contribution in [1.82, 2.24) is 35.0 Å². The first-order valence-electron chi connectivity index (χ1n) is 10.7. The molecular formula is C21H15N7O9S3. The molecule has 0 amide bonds. The molecule has 3 N–H and O–H groups in total. The Bertz CT molecular complexity index is 1940. The van der Waals surface area contributed by atoms with Gasteiger partial charge in [0.1, 0.15) is 11.4 Å².